The molecule has 160 valence electrons. The molecule has 0 saturated carbocycles. The number of hydrogen-bond acceptors (Lipinski definition) is 5. The lowest BCUT2D eigenvalue weighted by atomic mass is 10.0. The molecule has 4 atom stereocenters. The van der Waals surface area contributed by atoms with Crippen LogP contribution in [0.2, 0.25) is 0 Å². The summed E-state index contributed by atoms with van der Waals surface area (Å²) in [5.41, 5.74) is 0. The Bertz CT molecular complexity index is 505. The first-order valence-electron chi connectivity index (χ1n) is 10.8. The molecule has 1 aliphatic rings. The zero-order valence-electron chi connectivity index (χ0n) is 18.1. The van der Waals surface area contributed by atoms with Crippen LogP contribution in [0.4, 0.5) is 0 Å². The van der Waals surface area contributed by atoms with Crippen LogP contribution in [-0.4, -0.2) is 44.3 Å². The van der Waals surface area contributed by atoms with Crippen molar-refractivity contribution in [3.63, 3.8) is 0 Å². The highest BCUT2D eigenvalue weighted by Gasteiger charge is 2.35. The van der Waals surface area contributed by atoms with Crippen LogP contribution in [-0.2, 0) is 23.7 Å². The number of ether oxygens (including phenoxy) is 4. The first kappa shape index (κ1) is 24.7. The quantitative estimate of drug-likeness (QED) is 0.195. The third-order valence-corrected chi connectivity index (χ3v) is 4.67. The molecule has 0 aromatic rings. The van der Waals surface area contributed by atoms with Gasteiger partial charge in [-0.25, -0.2) is 0 Å². The molecular weight excluding hydrogens is 356 g/mol. The summed E-state index contributed by atoms with van der Waals surface area (Å²) in [5.74, 6) is 5.86. The van der Waals surface area contributed by atoms with E-state index in [-0.39, 0.29) is 12.1 Å². The van der Waals surface area contributed by atoms with Crippen molar-refractivity contribution in [1.29, 1.82) is 0 Å². The van der Waals surface area contributed by atoms with Crippen molar-refractivity contribution in [1.82, 2.24) is 0 Å². The highest BCUT2D eigenvalue weighted by Crippen LogP contribution is 2.21. The lowest BCUT2D eigenvalue weighted by Crippen LogP contribution is -2.46. The average molecular weight is 395 g/mol. The van der Waals surface area contributed by atoms with Gasteiger partial charge in [0.25, 0.3) is 0 Å². The van der Waals surface area contributed by atoms with Gasteiger partial charge in [0.1, 0.15) is 12.2 Å². The van der Waals surface area contributed by atoms with Crippen LogP contribution in [0.1, 0.15) is 78.6 Å². The van der Waals surface area contributed by atoms with Crippen molar-refractivity contribution < 1.29 is 23.7 Å². The Balaban J connectivity index is 2.51. The van der Waals surface area contributed by atoms with E-state index in [1.165, 1.54) is 51.9 Å². The third-order valence-electron chi connectivity index (χ3n) is 4.67. The molecule has 0 aromatic heterocycles. The molecule has 0 fully saturated rings. The first-order valence-corrected chi connectivity index (χ1v) is 10.8. The fourth-order valence-electron chi connectivity index (χ4n) is 3.18. The number of carbonyl (C=O) groups is 1. The molecule has 0 bridgehead atoms. The molecule has 0 saturated heterocycles. The van der Waals surface area contributed by atoms with Gasteiger partial charge >= 0.3 is 5.97 Å². The highest BCUT2D eigenvalue weighted by molar-refractivity contribution is 5.66. The number of hydrogen-bond donors (Lipinski definition) is 0. The van der Waals surface area contributed by atoms with Gasteiger partial charge in [-0.15, -0.1) is 0 Å². The van der Waals surface area contributed by atoms with E-state index >= 15 is 0 Å². The Labute approximate surface area is 171 Å². The van der Waals surface area contributed by atoms with Crippen LogP contribution in [0.5, 0.6) is 0 Å². The molecule has 5 heteroatoms. The van der Waals surface area contributed by atoms with E-state index in [2.05, 4.69) is 18.8 Å². The average Bonchev–Trinajstić information content (AvgIpc) is 2.68. The van der Waals surface area contributed by atoms with Crippen molar-refractivity contribution in [3.8, 4) is 11.8 Å². The smallest absolute Gasteiger partial charge is 0.303 e. The summed E-state index contributed by atoms with van der Waals surface area (Å²) >= 11 is 0. The maximum absolute atomic E-state index is 11.5. The number of unbranched alkanes of at least 4 members (excludes halogenated alkanes) is 8. The lowest BCUT2D eigenvalue weighted by Gasteiger charge is -2.33. The fourth-order valence-corrected chi connectivity index (χ4v) is 3.18. The molecular formula is C23H38O5. The molecule has 0 N–H and O–H groups in total. The maximum Gasteiger partial charge on any atom is 0.303 e. The van der Waals surface area contributed by atoms with Gasteiger partial charge in [0.05, 0.1) is 0 Å². The molecule has 0 amide bonds. The van der Waals surface area contributed by atoms with Crippen LogP contribution in [0, 0.1) is 11.8 Å². The summed E-state index contributed by atoms with van der Waals surface area (Å²) < 4.78 is 22.3. The summed E-state index contributed by atoms with van der Waals surface area (Å²) in [6, 6.07) is 0. The Kier molecular flexibility index (Phi) is 13.7. The van der Waals surface area contributed by atoms with E-state index in [4.69, 9.17) is 18.9 Å². The predicted octanol–water partition coefficient (Wildman–Crippen LogP) is 4.78. The minimum atomic E-state index is -0.676. The zero-order valence-corrected chi connectivity index (χ0v) is 18.1. The molecule has 1 aliphatic heterocycles. The van der Waals surface area contributed by atoms with Gasteiger partial charge < -0.3 is 18.9 Å². The minimum Gasteiger partial charge on any atom is -0.446 e. The third kappa shape index (κ3) is 10.3. The van der Waals surface area contributed by atoms with Gasteiger partial charge in [-0.2, -0.15) is 0 Å². The van der Waals surface area contributed by atoms with Crippen molar-refractivity contribution in [2.75, 3.05) is 13.7 Å². The van der Waals surface area contributed by atoms with Crippen LogP contribution in [0.15, 0.2) is 12.2 Å². The summed E-state index contributed by atoms with van der Waals surface area (Å²) in [6.07, 6.45) is 12.6. The standard InChI is InChI=1S/C23H38O5/c1-5-7-8-9-10-11-12-13-14-15-16-21(27-19(3)24)23-20(25-4)17-18-22(28-23)26-6-2/h17-18,20-23H,5-14H2,1-4H3/t20-,21+,22-,23-/m0/s1. The van der Waals surface area contributed by atoms with Gasteiger partial charge in [0.2, 0.25) is 0 Å². The number of esters is 1. The molecule has 1 heterocycles. The van der Waals surface area contributed by atoms with Crippen LogP contribution < -0.4 is 0 Å². The SMILES string of the molecule is CCCCCCCCCCC#C[C@@H](OC(C)=O)[C@H]1O[C@H](OCC)C=C[C@@H]1OC. The first-order chi connectivity index (χ1) is 13.6. The van der Waals surface area contributed by atoms with Crippen molar-refractivity contribution >= 4 is 5.97 Å². The maximum atomic E-state index is 11.5. The van der Waals surface area contributed by atoms with Gasteiger partial charge in [-0.3, -0.25) is 4.79 Å². The lowest BCUT2D eigenvalue weighted by molar-refractivity contribution is -0.200. The summed E-state index contributed by atoms with van der Waals surface area (Å²) in [4.78, 5) is 11.5. The van der Waals surface area contributed by atoms with Crippen molar-refractivity contribution in [3.05, 3.63) is 12.2 Å². The molecule has 1 rings (SSSR count). The van der Waals surface area contributed by atoms with Crippen molar-refractivity contribution in [2.24, 2.45) is 0 Å². The van der Waals surface area contributed by atoms with Crippen molar-refractivity contribution in [2.45, 2.75) is 103 Å². The van der Waals surface area contributed by atoms with E-state index in [1.54, 1.807) is 7.11 Å². The van der Waals surface area contributed by atoms with Crippen LogP contribution >= 0.6 is 0 Å². The Morgan fingerprint density at radius 1 is 1.07 bits per heavy atom. The molecule has 0 unspecified atom stereocenters. The second kappa shape index (κ2) is 15.6. The number of carbonyl (C=O) groups excluding carboxylic acids is 1. The second-order valence-electron chi connectivity index (χ2n) is 7.09. The highest BCUT2D eigenvalue weighted by atomic mass is 16.7. The van der Waals surface area contributed by atoms with Gasteiger partial charge in [0.15, 0.2) is 12.4 Å². The van der Waals surface area contributed by atoms with E-state index < -0.39 is 18.5 Å². The Hall–Kier alpha value is -1.35. The Morgan fingerprint density at radius 3 is 2.36 bits per heavy atom. The van der Waals surface area contributed by atoms with E-state index in [0.717, 1.165) is 12.8 Å². The van der Waals surface area contributed by atoms with E-state index in [0.29, 0.717) is 6.61 Å². The molecule has 0 radical (unpaired) electrons. The fraction of sp³-hybridized carbons (Fsp3) is 0.783. The van der Waals surface area contributed by atoms with Crippen LogP contribution in [0.3, 0.4) is 0 Å². The van der Waals surface area contributed by atoms with Gasteiger partial charge in [-0.05, 0) is 19.4 Å². The summed E-state index contributed by atoms with van der Waals surface area (Å²) in [5, 5.41) is 0. The molecule has 0 spiro atoms. The molecule has 28 heavy (non-hydrogen) atoms. The normalized spacial score (nSPS) is 22.4. The van der Waals surface area contributed by atoms with E-state index in [1.807, 2.05) is 19.1 Å². The van der Waals surface area contributed by atoms with Crippen LogP contribution in [0.25, 0.3) is 0 Å². The van der Waals surface area contributed by atoms with Gasteiger partial charge in [-0.1, -0.05) is 69.8 Å². The molecule has 0 aromatic carbocycles. The largest absolute Gasteiger partial charge is 0.446 e. The molecule has 5 nitrogen and oxygen atoms in total. The molecule has 0 aliphatic carbocycles. The summed E-state index contributed by atoms with van der Waals surface area (Å²) in [6.45, 7) is 6.06. The minimum absolute atomic E-state index is 0.335. The number of methoxy groups -OCH3 is 1. The summed E-state index contributed by atoms with van der Waals surface area (Å²) in [7, 11) is 1.60. The topological polar surface area (TPSA) is 54.0 Å². The Morgan fingerprint density at radius 2 is 1.75 bits per heavy atom. The second-order valence-corrected chi connectivity index (χ2v) is 7.09. The number of rotatable bonds is 13. The predicted molar refractivity (Wildman–Crippen MR) is 111 cm³/mol. The van der Waals surface area contributed by atoms with E-state index in [9.17, 15) is 4.79 Å². The zero-order chi connectivity index (χ0) is 20.6. The monoisotopic (exact) mass is 394 g/mol. The van der Waals surface area contributed by atoms with Gasteiger partial charge in [0, 0.05) is 27.1 Å².